The Hall–Kier alpha value is -3.23. The minimum atomic E-state index is -3.88. The van der Waals surface area contributed by atoms with Crippen molar-refractivity contribution < 1.29 is 23.1 Å². The molecule has 4 rings (SSSR count). The first-order valence-electron chi connectivity index (χ1n) is 9.35. The van der Waals surface area contributed by atoms with E-state index in [2.05, 4.69) is 4.72 Å². The largest absolute Gasteiger partial charge is 0.495 e. The zero-order chi connectivity index (χ0) is 22.0. The molecule has 4 aromatic carbocycles. The van der Waals surface area contributed by atoms with Crippen LogP contribution in [0.1, 0.15) is 0 Å². The van der Waals surface area contributed by atoms with Crippen LogP contribution in [0.3, 0.4) is 0 Å². The van der Waals surface area contributed by atoms with Crippen LogP contribution in [-0.2, 0) is 14.8 Å². The summed E-state index contributed by atoms with van der Waals surface area (Å²) in [5.41, 5.74) is 0.359. The number of rotatable bonds is 7. The van der Waals surface area contributed by atoms with Gasteiger partial charge in [0.05, 0.1) is 28.3 Å². The van der Waals surface area contributed by atoms with Gasteiger partial charge in [0.25, 0.3) is 10.0 Å². The first-order valence-corrected chi connectivity index (χ1v) is 11.8. The summed E-state index contributed by atoms with van der Waals surface area (Å²) in [5, 5.41) is 12.2. The van der Waals surface area contributed by atoms with Crippen molar-refractivity contribution in [2.45, 2.75) is 9.79 Å². The number of benzene rings is 4. The summed E-state index contributed by atoms with van der Waals surface area (Å²) in [6.07, 6.45) is 0. The van der Waals surface area contributed by atoms with E-state index in [-0.39, 0.29) is 10.6 Å². The van der Waals surface area contributed by atoms with Gasteiger partial charge in [-0.3, -0.25) is 9.52 Å². The second kappa shape index (κ2) is 8.49. The van der Waals surface area contributed by atoms with Crippen molar-refractivity contribution in [1.82, 2.24) is 0 Å². The molecule has 0 unspecified atom stereocenters. The van der Waals surface area contributed by atoms with Crippen LogP contribution in [0.25, 0.3) is 21.5 Å². The molecule has 0 fully saturated rings. The van der Waals surface area contributed by atoms with Gasteiger partial charge >= 0.3 is 5.97 Å². The fraction of sp³-hybridized carbons (Fsp3) is 0.0870. The summed E-state index contributed by atoms with van der Waals surface area (Å²) in [4.78, 5) is 11.8. The molecule has 0 spiro atoms. The molecule has 0 bridgehead atoms. The van der Waals surface area contributed by atoms with E-state index in [1.807, 2.05) is 36.4 Å². The van der Waals surface area contributed by atoms with E-state index >= 15 is 0 Å². The average molecular weight is 454 g/mol. The Morgan fingerprint density at radius 2 is 1.65 bits per heavy atom. The van der Waals surface area contributed by atoms with Gasteiger partial charge in [-0.25, -0.2) is 8.42 Å². The number of sulfonamides is 1. The van der Waals surface area contributed by atoms with Crippen LogP contribution in [0.2, 0.25) is 0 Å². The molecule has 0 aromatic heterocycles. The molecule has 8 heteroatoms. The lowest BCUT2D eigenvalue weighted by atomic mass is 10.1. The Balaban J connectivity index is 1.81. The van der Waals surface area contributed by atoms with Crippen molar-refractivity contribution in [1.29, 1.82) is 0 Å². The Labute approximate surface area is 183 Å². The van der Waals surface area contributed by atoms with E-state index < -0.39 is 16.0 Å². The molecule has 0 radical (unpaired) electrons. The topological polar surface area (TPSA) is 92.7 Å². The van der Waals surface area contributed by atoms with E-state index in [1.54, 1.807) is 36.4 Å². The highest BCUT2D eigenvalue weighted by atomic mass is 32.2. The summed E-state index contributed by atoms with van der Waals surface area (Å²) in [6, 6.07) is 21.3. The number of fused-ring (bicyclic) bond motifs is 2. The highest BCUT2D eigenvalue weighted by Crippen LogP contribution is 2.41. The van der Waals surface area contributed by atoms with Crippen LogP contribution in [0.4, 0.5) is 5.69 Å². The third-order valence-electron chi connectivity index (χ3n) is 4.79. The Kier molecular flexibility index (Phi) is 5.75. The number of hydrogen-bond acceptors (Lipinski definition) is 5. The molecule has 0 saturated carbocycles. The summed E-state index contributed by atoms with van der Waals surface area (Å²) >= 11 is 1.07. The number of carbonyl (C=O) groups is 1. The Morgan fingerprint density at radius 3 is 2.35 bits per heavy atom. The van der Waals surface area contributed by atoms with E-state index in [1.165, 1.54) is 7.11 Å². The van der Waals surface area contributed by atoms with Gasteiger partial charge in [-0.15, -0.1) is 11.8 Å². The summed E-state index contributed by atoms with van der Waals surface area (Å²) in [5.74, 6) is -0.639. The van der Waals surface area contributed by atoms with Crippen LogP contribution in [-0.4, -0.2) is 32.4 Å². The number of anilines is 1. The first kappa shape index (κ1) is 21.0. The maximum absolute atomic E-state index is 13.2. The number of carboxylic acid groups (broad SMARTS) is 1. The fourth-order valence-corrected chi connectivity index (χ4v) is 5.31. The number of nitrogens with one attached hydrogen (secondary N) is 1. The van der Waals surface area contributed by atoms with Gasteiger partial charge in [-0.2, -0.15) is 0 Å². The predicted molar refractivity (Wildman–Crippen MR) is 124 cm³/mol. The maximum atomic E-state index is 13.2. The van der Waals surface area contributed by atoms with Gasteiger partial charge in [0.2, 0.25) is 0 Å². The number of ether oxygens (including phenoxy) is 1. The Morgan fingerprint density at radius 1 is 0.968 bits per heavy atom. The minimum absolute atomic E-state index is 0.144. The third-order valence-corrected chi connectivity index (χ3v) is 7.16. The van der Waals surface area contributed by atoms with Gasteiger partial charge in [0, 0.05) is 10.8 Å². The third kappa shape index (κ3) is 4.30. The number of thioether (sulfide) groups is 1. The van der Waals surface area contributed by atoms with Gasteiger partial charge in [-0.05, 0) is 29.0 Å². The molecule has 0 atom stereocenters. The molecular weight excluding hydrogens is 434 g/mol. The molecule has 0 aliphatic heterocycles. The standard InChI is InChI=1S/C23H19NO5S2/c1-29-23-19-9-5-4-8-18(19)20(13-21(23)30-14-22(25)26)24-31(27,28)17-11-10-15-6-2-3-7-16(15)12-17/h2-13,24H,14H2,1H3,(H,25,26). The smallest absolute Gasteiger partial charge is 0.313 e. The number of aliphatic carboxylic acids is 1. The van der Waals surface area contributed by atoms with E-state index in [0.29, 0.717) is 27.1 Å². The molecule has 2 N–H and O–H groups in total. The van der Waals surface area contributed by atoms with E-state index in [9.17, 15) is 13.2 Å². The summed E-state index contributed by atoms with van der Waals surface area (Å²) in [6.45, 7) is 0. The van der Waals surface area contributed by atoms with Crippen molar-refractivity contribution in [3.05, 3.63) is 72.8 Å². The number of methoxy groups -OCH3 is 1. The second-order valence-corrected chi connectivity index (χ2v) is 9.50. The van der Waals surface area contributed by atoms with Gasteiger partial charge < -0.3 is 9.84 Å². The van der Waals surface area contributed by atoms with E-state index in [0.717, 1.165) is 22.5 Å². The molecule has 4 aromatic rings. The van der Waals surface area contributed by atoms with Crippen LogP contribution >= 0.6 is 11.8 Å². The molecule has 0 aliphatic rings. The lowest BCUT2D eigenvalue weighted by Crippen LogP contribution is -2.13. The summed E-state index contributed by atoms with van der Waals surface area (Å²) < 4.78 is 34.6. The quantitative estimate of drug-likeness (QED) is 0.384. The second-order valence-electron chi connectivity index (χ2n) is 6.80. The van der Waals surface area contributed by atoms with Gasteiger partial charge in [0.15, 0.2) is 0 Å². The highest BCUT2D eigenvalue weighted by molar-refractivity contribution is 8.00. The molecular formula is C23H19NO5S2. The molecule has 0 amide bonds. The van der Waals surface area contributed by atoms with Crippen LogP contribution < -0.4 is 9.46 Å². The van der Waals surface area contributed by atoms with E-state index in [4.69, 9.17) is 9.84 Å². The van der Waals surface area contributed by atoms with Crippen LogP contribution in [0.15, 0.2) is 82.6 Å². The Bertz CT molecular complexity index is 1400. The van der Waals surface area contributed by atoms with Crippen molar-refractivity contribution in [2.24, 2.45) is 0 Å². The van der Waals surface area contributed by atoms with Crippen LogP contribution in [0, 0.1) is 0 Å². The molecule has 0 heterocycles. The lowest BCUT2D eigenvalue weighted by molar-refractivity contribution is -0.133. The normalized spacial score (nSPS) is 11.5. The minimum Gasteiger partial charge on any atom is -0.495 e. The summed E-state index contributed by atoms with van der Waals surface area (Å²) in [7, 11) is -2.37. The molecule has 158 valence electrons. The monoisotopic (exact) mass is 453 g/mol. The first-order chi connectivity index (χ1) is 14.9. The number of hydrogen-bond donors (Lipinski definition) is 2. The predicted octanol–water partition coefficient (Wildman–Crippen LogP) is 4.98. The van der Waals surface area contributed by atoms with Gasteiger partial charge in [0.1, 0.15) is 5.75 Å². The zero-order valence-electron chi connectivity index (χ0n) is 16.5. The fourth-order valence-electron chi connectivity index (χ4n) is 3.40. The van der Waals surface area contributed by atoms with Gasteiger partial charge in [-0.1, -0.05) is 54.6 Å². The molecule has 6 nitrogen and oxygen atoms in total. The van der Waals surface area contributed by atoms with Crippen molar-refractivity contribution in [3.63, 3.8) is 0 Å². The van der Waals surface area contributed by atoms with Crippen LogP contribution in [0.5, 0.6) is 5.75 Å². The van der Waals surface area contributed by atoms with Crippen molar-refractivity contribution in [3.8, 4) is 5.75 Å². The zero-order valence-corrected chi connectivity index (χ0v) is 18.2. The lowest BCUT2D eigenvalue weighted by Gasteiger charge is -2.16. The molecule has 0 saturated heterocycles. The van der Waals surface area contributed by atoms with Crippen molar-refractivity contribution in [2.75, 3.05) is 17.6 Å². The van der Waals surface area contributed by atoms with Crippen molar-refractivity contribution >= 4 is 55.0 Å². The molecule has 31 heavy (non-hydrogen) atoms. The average Bonchev–Trinajstić information content (AvgIpc) is 2.77. The highest BCUT2D eigenvalue weighted by Gasteiger charge is 2.20. The molecule has 0 aliphatic carbocycles. The maximum Gasteiger partial charge on any atom is 0.313 e. The SMILES string of the molecule is COc1c(SCC(=O)O)cc(NS(=O)(=O)c2ccc3ccccc3c2)c2ccccc12. The number of carboxylic acids is 1.